The minimum atomic E-state index is -4.22. The van der Waals surface area contributed by atoms with E-state index in [4.69, 9.17) is 0 Å². The third-order valence-electron chi connectivity index (χ3n) is 4.25. The molecule has 0 aliphatic rings. The van der Waals surface area contributed by atoms with Gasteiger partial charge in [0.05, 0.1) is 10.6 Å². The molecule has 0 radical (unpaired) electrons. The van der Waals surface area contributed by atoms with Crippen LogP contribution in [0.5, 0.6) is 5.75 Å². The maximum Gasteiger partial charge on any atom is 0.339 e. The van der Waals surface area contributed by atoms with Crippen molar-refractivity contribution in [1.82, 2.24) is 0 Å². The van der Waals surface area contributed by atoms with E-state index in [1.165, 1.54) is 19.1 Å². The van der Waals surface area contributed by atoms with E-state index in [2.05, 4.69) is 0 Å². The molecule has 0 aliphatic heterocycles. The summed E-state index contributed by atoms with van der Waals surface area (Å²) in [5.74, 6) is -5.28. The molecule has 2 aromatic rings. The van der Waals surface area contributed by atoms with E-state index < -0.39 is 49.9 Å². The van der Waals surface area contributed by atoms with Gasteiger partial charge in [-0.1, -0.05) is 32.9 Å². The monoisotopic (exact) mass is 398 g/mol. The third-order valence-corrected chi connectivity index (χ3v) is 6.03. The van der Waals surface area contributed by atoms with Crippen LogP contribution in [0, 0.1) is 18.6 Å². The largest absolute Gasteiger partial charge is 0.507 e. The van der Waals surface area contributed by atoms with Crippen LogP contribution in [-0.4, -0.2) is 24.6 Å². The molecule has 8 heteroatoms. The Kier molecular flexibility index (Phi) is 5.34. The highest BCUT2D eigenvalue weighted by molar-refractivity contribution is 7.90. The van der Waals surface area contributed by atoms with Gasteiger partial charge in [-0.15, -0.1) is 0 Å². The molecule has 0 unspecified atom stereocenters. The van der Waals surface area contributed by atoms with Crippen molar-refractivity contribution < 1.29 is 32.2 Å². The maximum absolute atomic E-state index is 13.9. The summed E-state index contributed by atoms with van der Waals surface area (Å²) < 4.78 is 53.1. The highest BCUT2D eigenvalue weighted by Crippen LogP contribution is 2.39. The van der Waals surface area contributed by atoms with Gasteiger partial charge in [0, 0.05) is 11.1 Å². The van der Waals surface area contributed by atoms with Crippen molar-refractivity contribution in [1.29, 1.82) is 0 Å². The van der Waals surface area contributed by atoms with E-state index in [0.717, 1.165) is 12.1 Å². The molecule has 5 nitrogen and oxygen atoms in total. The minimum Gasteiger partial charge on any atom is -0.507 e. The Morgan fingerprint density at radius 2 is 1.78 bits per heavy atom. The van der Waals surface area contributed by atoms with Crippen LogP contribution in [0.1, 0.15) is 47.8 Å². The molecule has 0 aromatic heterocycles. The van der Waals surface area contributed by atoms with E-state index in [0.29, 0.717) is 0 Å². The Balaban J connectivity index is 2.74. The van der Waals surface area contributed by atoms with Crippen molar-refractivity contribution in [3.63, 3.8) is 0 Å². The molecule has 27 heavy (non-hydrogen) atoms. The number of hydrogen-bond acceptors (Lipinski definition) is 4. The molecule has 2 aromatic carbocycles. The van der Waals surface area contributed by atoms with Crippen LogP contribution in [0.25, 0.3) is 0 Å². The Morgan fingerprint density at radius 1 is 1.19 bits per heavy atom. The topological polar surface area (TPSA) is 91.7 Å². The standard InChI is InChI=1S/C19H20F2O5S/c1-10-14(8-12(19(2,3)4)17(22)15(10)18(23)24)27(25,26)9-11-6-5-7-13(20)16(11)21/h5-8,22H,9H2,1-4H3,(H,23,24). The van der Waals surface area contributed by atoms with Gasteiger partial charge in [0.1, 0.15) is 11.3 Å². The predicted octanol–water partition coefficient (Wildman–Crippen LogP) is 3.95. The van der Waals surface area contributed by atoms with Gasteiger partial charge >= 0.3 is 5.97 Å². The fourth-order valence-corrected chi connectivity index (χ4v) is 4.50. The lowest BCUT2D eigenvalue weighted by Crippen LogP contribution is -2.18. The zero-order chi connectivity index (χ0) is 20.7. The van der Waals surface area contributed by atoms with Crippen molar-refractivity contribution >= 4 is 15.8 Å². The lowest BCUT2D eigenvalue weighted by molar-refractivity contribution is 0.0692. The Hall–Kier alpha value is -2.48. The number of carboxylic acids is 1. The molecule has 0 spiro atoms. The molecule has 146 valence electrons. The Labute approximate surface area is 156 Å². The molecule has 0 aliphatic carbocycles. The number of aromatic hydroxyl groups is 1. The van der Waals surface area contributed by atoms with Gasteiger partial charge in [0.15, 0.2) is 21.5 Å². The van der Waals surface area contributed by atoms with Crippen LogP contribution in [-0.2, 0) is 21.0 Å². The van der Waals surface area contributed by atoms with Crippen LogP contribution in [0.2, 0.25) is 0 Å². The summed E-state index contributed by atoms with van der Waals surface area (Å²) in [4.78, 5) is 11.3. The summed E-state index contributed by atoms with van der Waals surface area (Å²) in [6.07, 6.45) is 0. The highest BCUT2D eigenvalue weighted by atomic mass is 32.2. The molecule has 2 rings (SSSR count). The minimum absolute atomic E-state index is 0.129. The van der Waals surface area contributed by atoms with E-state index in [1.54, 1.807) is 20.8 Å². The van der Waals surface area contributed by atoms with E-state index >= 15 is 0 Å². The molecule has 0 fully saturated rings. The molecule has 0 saturated carbocycles. The van der Waals surface area contributed by atoms with Crippen molar-refractivity contribution in [2.75, 3.05) is 0 Å². The summed E-state index contributed by atoms with van der Waals surface area (Å²) >= 11 is 0. The van der Waals surface area contributed by atoms with E-state index in [-0.39, 0.29) is 21.6 Å². The predicted molar refractivity (Wildman–Crippen MR) is 95.8 cm³/mol. The summed E-state index contributed by atoms with van der Waals surface area (Å²) in [5.41, 5.74) is -1.68. The number of rotatable bonds is 4. The average molecular weight is 398 g/mol. The lowest BCUT2D eigenvalue weighted by atomic mass is 9.84. The van der Waals surface area contributed by atoms with Gasteiger partial charge in [-0.2, -0.15) is 0 Å². The van der Waals surface area contributed by atoms with Crippen molar-refractivity contribution in [3.8, 4) is 5.75 Å². The van der Waals surface area contributed by atoms with Crippen LogP contribution in [0.3, 0.4) is 0 Å². The van der Waals surface area contributed by atoms with Gasteiger partial charge in [0.2, 0.25) is 0 Å². The van der Waals surface area contributed by atoms with E-state index in [1.807, 2.05) is 0 Å². The number of halogens is 2. The number of sulfone groups is 1. The van der Waals surface area contributed by atoms with Crippen molar-refractivity contribution in [3.05, 3.63) is 58.2 Å². The molecule has 0 atom stereocenters. The van der Waals surface area contributed by atoms with Crippen molar-refractivity contribution in [2.45, 2.75) is 43.8 Å². The zero-order valence-corrected chi connectivity index (χ0v) is 16.1. The van der Waals surface area contributed by atoms with Gasteiger partial charge in [0.25, 0.3) is 0 Å². The second-order valence-electron chi connectivity index (χ2n) is 7.30. The number of aromatic carboxylic acids is 1. The van der Waals surface area contributed by atoms with E-state index in [9.17, 15) is 32.2 Å². The molecule has 0 amide bonds. The van der Waals surface area contributed by atoms with Crippen molar-refractivity contribution in [2.24, 2.45) is 0 Å². The first-order valence-corrected chi connectivity index (χ1v) is 9.68. The summed E-state index contributed by atoms with van der Waals surface area (Å²) in [6, 6.07) is 4.41. The molecular formula is C19H20F2O5S. The van der Waals surface area contributed by atoms with Crippen LogP contribution in [0.4, 0.5) is 8.78 Å². The Morgan fingerprint density at radius 3 is 2.30 bits per heavy atom. The molecule has 0 saturated heterocycles. The fourth-order valence-electron chi connectivity index (χ4n) is 2.84. The number of carboxylic acid groups (broad SMARTS) is 1. The average Bonchev–Trinajstić information content (AvgIpc) is 2.49. The zero-order valence-electron chi connectivity index (χ0n) is 15.3. The second-order valence-corrected chi connectivity index (χ2v) is 9.26. The fraction of sp³-hybridized carbons (Fsp3) is 0.316. The van der Waals surface area contributed by atoms with Crippen LogP contribution >= 0.6 is 0 Å². The van der Waals surface area contributed by atoms with Gasteiger partial charge in [-0.25, -0.2) is 22.0 Å². The lowest BCUT2D eigenvalue weighted by Gasteiger charge is -2.24. The first kappa shape index (κ1) is 20.8. The summed E-state index contributed by atoms with van der Waals surface area (Å²) in [7, 11) is -4.22. The number of hydrogen-bond donors (Lipinski definition) is 2. The Bertz CT molecular complexity index is 1020. The summed E-state index contributed by atoms with van der Waals surface area (Å²) in [5, 5.41) is 19.8. The molecule has 2 N–H and O–H groups in total. The quantitative estimate of drug-likeness (QED) is 0.814. The van der Waals surface area contributed by atoms with Crippen LogP contribution < -0.4 is 0 Å². The van der Waals surface area contributed by atoms with Gasteiger partial charge in [-0.3, -0.25) is 0 Å². The highest BCUT2D eigenvalue weighted by Gasteiger charge is 2.31. The van der Waals surface area contributed by atoms with Crippen LogP contribution in [0.15, 0.2) is 29.2 Å². The third kappa shape index (κ3) is 3.95. The SMILES string of the molecule is Cc1c(S(=O)(=O)Cc2cccc(F)c2F)cc(C(C)(C)C)c(O)c1C(=O)O. The van der Waals surface area contributed by atoms with Gasteiger partial charge in [-0.05, 0) is 30.0 Å². The number of phenols is 1. The first-order valence-electron chi connectivity index (χ1n) is 8.03. The molecular weight excluding hydrogens is 378 g/mol. The number of carbonyl (C=O) groups is 1. The number of benzene rings is 2. The molecule has 0 heterocycles. The maximum atomic E-state index is 13.9. The molecule has 0 bridgehead atoms. The normalized spacial score (nSPS) is 12.2. The van der Waals surface area contributed by atoms with Gasteiger partial charge < -0.3 is 10.2 Å². The first-order chi connectivity index (χ1) is 12.3. The second kappa shape index (κ2) is 6.92. The summed E-state index contributed by atoms with van der Waals surface area (Å²) in [6.45, 7) is 6.31. The smallest absolute Gasteiger partial charge is 0.339 e.